The molecule has 0 fully saturated rings. The Bertz CT molecular complexity index is 116. The number of sulfonamides is 1. The highest BCUT2D eigenvalue weighted by Crippen LogP contribution is 1.61. The van der Waals surface area contributed by atoms with Crippen LogP contribution >= 0.6 is 0 Å². The Morgan fingerprint density at radius 1 is 1.67 bits per heavy atom. The van der Waals surface area contributed by atoms with Gasteiger partial charge in [0.25, 0.3) is 0 Å². The Labute approximate surface area is 45.4 Å². The summed E-state index contributed by atoms with van der Waals surface area (Å²) in [6.07, 6.45) is 1.11. The largest absolute Gasteiger partial charge is 0.314 e. The highest BCUT2D eigenvalue weighted by molar-refractivity contribution is 7.89. The van der Waals surface area contributed by atoms with Gasteiger partial charge in [0.1, 0.15) is 0 Å². The summed E-state index contributed by atoms with van der Waals surface area (Å²) in [4.78, 5) is 0. The van der Waals surface area contributed by atoms with Crippen molar-refractivity contribution < 1.29 is 8.42 Å². The zero-order chi connectivity index (χ0) is 5.21. The first-order chi connectivity index (χ1) is 2.56. The molecule has 1 N–H and O–H groups in total. The zero-order valence-corrected chi connectivity index (χ0v) is 5.66. The summed E-state index contributed by atoms with van der Waals surface area (Å²) in [5.41, 5.74) is 0. The highest BCUT2D eigenvalue weighted by atomic mass is 32.2. The molecule has 0 aliphatic heterocycles. The van der Waals surface area contributed by atoms with Crippen molar-refractivity contribution in [1.29, 1.82) is 0 Å². The number of hydrogen-bond acceptors (Lipinski definition) is 2. The summed E-state index contributed by atoms with van der Waals surface area (Å²) >= 11 is 1.20. The van der Waals surface area contributed by atoms with Gasteiger partial charge >= 0.3 is 16.5 Å². The fraction of sp³-hybridized carbons (Fsp3) is 1.00. The number of rotatable bonds is 1. The van der Waals surface area contributed by atoms with Gasteiger partial charge in [0.2, 0.25) is 0 Å². The lowest BCUT2D eigenvalue weighted by Crippen LogP contribution is -2.17. The first kappa shape index (κ1) is 6.44. The summed E-state index contributed by atoms with van der Waals surface area (Å²) in [7, 11) is -2.90. The Morgan fingerprint density at radius 3 is 1.83 bits per heavy atom. The Balaban J connectivity index is 3.85. The van der Waals surface area contributed by atoms with Gasteiger partial charge in [0.05, 0.1) is 6.26 Å². The predicted octanol–water partition coefficient (Wildman–Crippen LogP) is -1.65. The van der Waals surface area contributed by atoms with E-state index in [1.165, 1.54) is 16.5 Å². The summed E-state index contributed by atoms with van der Waals surface area (Å²) in [5.74, 6) is 0. The summed E-state index contributed by atoms with van der Waals surface area (Å²) in [5, 5.41) is 0. The van der Waals surface area contributed by atoms with Crippen LogP contribution in [0, 0.1) is 0 Å². The molecule has 0 aromatic heterocycles. The van der Waals surface area contributed by atoms with Crippen LogP contribution in [0.3, 0.4) is 0 Å². The van der Waals surface area contributed by atoms with Crippen LogP contribution < -0.4 is 3.71 Å². The van der Waals surface area contributed by atoms with Crippen molar-refractivity contribution >= 4 is 26.5 Å². The molecule has 0 saturated carbocycles. The van der Waals surface area contributed by atoms with E-state index in [1.807, 2.05) is 0 Å². The van der Waals surface area contributed by atoms with Gasteiger partial charge in [-0.15, -0.1) is 0 Å². The normalized spacial score (nSPS) is 11.5. The molecular weight excluding hydrogens is 117 g/mol. The molecule has 0 rings (SSSR count). The van der Waals surface area contributed by atoms with Gasteiger partial charge in [-0.1, -0.05) is 0 Å². The fourth-order valence-corrected chi connectivity index (χ4v) is 0. The lowest BCUT2D eigenvalue weighted by atomic mass is 12.0. The average Bonchev–Trinajstić information content (AvgIpc) is 1.35. The van der Waals surface area contributed by atoms with Crippen molar-refractivity contribution in [2.45, 2.75) is 0 Å². The molecule has 0 amide bonds. The van der Waals surface area contributed by atoms with Gasteiger partial charge in [-0.25, -0.2) is 8.42 Å². The minimum atomic E-state index is -2.90. The van der Waals surface area contributed by atoms with E-state index >= 15 is 0 Å². The standard InChI is InChI=1S/CH4NO2S.Al.H/c1-5(2,3)4;;/h1H3,(H-,2,3,4);;/q-1;+1;. The maximum atomic E-state index is 9.90. The lowest BCUT2D eigenvalue weighted by Gasteiger charge is -1.86. The van der Waals surface area contributed by atoms with Crippen molar-refractivity contribution in [3.8, 4) is 0 Å². The van der Waals surface area contributed by atoms with E-state index in [0.717, 1.165) is 6.26 Å². The second-order valence-electron chi connectivity index (χ2n) is 0.917. The van der Waals surface area contributed by atoms with Crippen LogP contribution in [0.4, 0.5) is 0 Å². The third-order valence-electron chi connectivity index (χ3n) is 0.262. The van der Waals surface area contributed by atoms with Crippen LogP contribution in [0.2, 0.25) is 0 Å². The van der Waals surface area contributed by atoms with E-state index in [0.29, 0.717) is 0 Å². The number of nitrogens with one attached hydrogen (secondary N) is 1. The van der Waals surface area contributed by atoms with Gasteiger partial charge in [-0.05, 0) is 0 Å². The average molecular weight is 122 g/mol. The van der Waals surface area contributed by atoms with Gasteiger partial charge in [-0.2, -0.15) is 0 Å². The monoisotopic (exact) mass is 122 g/mol. The van der Waals surface area contributed by atoms with E-state index in [4.69, 9.17) is 0 Å². The third kappa shape index (κ3) is 4.44. The quantitative estimate of drug-likeness (QED) is 0.423. The second kappa shape index (κ2) is 1.94. The van der Waals surface area contributed by atoms with Gasteiger partial charge in [-0.3, -0.25) is 0 Å². The van der Waals surface area contributed by atoms with Crippen molar-refractivity contribution in [3.05, 3.63) is 0 Å². The molecular formula is CH5AlNO2S. The van der Waals surface area contributed by atoms with Gasteiger partial charge in [0, 0.05) is 0 Å². The van der Waals surface area contributed by atoms with Crippen molar-refractivity contribution in [2.24, 2.45) is 0 Å². The molecule has 0 spiro atoms. The van der Waals surface area contributed by atoms with E-state index in [-0.39, 0.29) is 0 Å². The topological polar surface area (TPSA) is 46.2 Å². The van der Waals surface area contributed by atoms with Crippen LogP contribution in [-0.2, 0) is 10.0 Å². The zero-order valence-electron chi connectivity index (χ0n) is 3.43. The molecule has 5 heteroatoms. The molecule has 0 bridgehead atoms. The summed E-state index contributed by atoms with van der Waals surface area (Å²) in [6.45, 7) is 0. The predicted molar refractivity (Wildman–Crippen MR) is 25.1 cm³/mol. The Kier molecular flexibility index (Phi) is 2.08. The summed E-state index contributed by atoms with van der Waals surface area (Å²) < 4.78 is 21.9. The van der Waals surface area contributed by atoms with Crippen molar-refractivity contribution in [2.75, 3.05) is 6.26 Å². The molecule has 0 aromatic rings. The molecule has 0 heterocycles. The van der Waals surface area contributed by atoms with Crippen LogP contribution in [0.25, 0.3) is 0 Å². The lowest BCUT2D eigenvalue weighted by molar-refractivity contribution is 0.600. The molecule has 3 nitrogen and oxygen atoms in total. The second-order valence-corrected chi connectivity index (χ2v) is 3.62. The van der Waals surface area contributed by atoms with E-state index in [9.17, 15) is 8.42 Å². The smallest absolute Gasteiger partial charge is 0.311 e. The minimum absolute atomic E-state index is 1.11. The fourth-order valence-electron chi connectivity index (χ4n) is 0. The molecule has 0 unspecified atom stereocenters. The van der Waals surface area contributed by atoms with E-state index in [1.54, 1.807) is 0 Å². The minimum Gasteiger partial charge on any atom is -0.311 e. The molecule has 0 aromatic carbocycles. The SMILES string of the molecule is CS(=O)(=O)[NH][AlH]. The van der Waals surface area contributed by atoms with E-state index in [2.05, 4.69) is 3.71 Å². The first-order valence-electron chi connectivity index (χ1n) is 1.30. The molecule has 0 saturated heterocycles. The molecule has 0 aliphatic rings. The molecule has 6 heavy (non-hydrogen) atoms. The van der Waals surface area contributed by atoms with Gasteiger partial charge < -0.3 is 3.71 Å². The number of hydrogen-bond donors (Lipinski definition) is 1. The summed E-state index contributed by atoms with van der Waals surface area (Å²) in [6, 6.07) is 0. The van der Waals surface area contributed by atoms with E-state index < -0.39 is 10.0 Å². The van der Waals surface area contributed by atoms with Crippen LogP contribution in [-0.4, -0.2) is 31.2 Å². The van der Waals surface area contributed by atoms with Crippen LogP contribution in [0.5, 0.6) is 0 Å². The first-order valence-corrected chi connectivity index (χ1v) is 3.90. The van der Waals surface area contributed by atoms with Gasteiger partial charge in [0.15, 0.2) is 10.0 Å². The third-order valence-corrected chi connectivity index (χ3v) is 2.36. The molecule has 0 aliphatic carbocycles. The maximum absolute atomic E-state index is 9.90. The molecule has 0 atom stereocenters. The Hall–Kier alpha value is 0.442. The van der Waals surface area contributed by atoms with Crippen LogP contribution in [0.1, 0.15) is 0 Å². The maximum Gasteiger partial charge on any atom is 0.314 e. The Morgan fingerprint density at radius 2 is 1.83 bits per heavy atom. The molecule has 35 valence electrons. The van der Waals surface area contributed by atoms with Crippen LogP contribution in [0.15, 0.2) is 0 Å². The highest BCUT2D eigenvalue weighted by Gasteiger charge is 1.87. The molecule has 1 radical (unpaired) electrons. The van der Waals surface area contributed by atoms with Crippen molar-refractivity contribution in [3.63, 3.8) is 0 Å². The van der Waals surface area contributed by atoms with Crippen molar-refractivity contribution in [1.82, 2.24) is 3.71 Å².